The molecule has 0 aromatic rings. The SMILES string of the molecule is O=C(Cl)OC(Cl)(Cl)C(Cl)Cl. The first-order chi connectivity index (χ1) is 4.36. The van der Waals surface area contributed by atoms with Crippen LogP contribution in [0.2, 0.25) is 0 Å². The smallest absolute Gasteiger partial charge is 0.406 e. The molecule has 0 aliphatic carbocycles. The molecule has 0 spiro atoms. The van der Waals surface area contributed by atoms with E-state index in [2.05, 4.69) is 4.74 Å². The highest BCUT2D eigenvalue weighted by atomic mass is 35.5. The summed E-state index contributed by atoms with van der Waals surface area (Å²) >= 11 is 25.6. The number of ether oxygens (including phenoxy) is 1. The fourth-order valence-corrected chi connectivity index (χ4v) is 0.581. The molecule has 10 heavy (non-hydrogen) atoms. The monoisotopic (exact) mass is 244 g/mol. The molecule has 0 heterocycles. The van der Waals surface area contributed by atoms with Gasteiger partial charge in [0.25, 0.3) is 4.52 Å². The van der Waals surface area contributed by atoms with E-state index in [0.29, 0.717) is 0 Å². The van der Waals surface area contributed by atoms with E-state index >= 15 is 0 Å². The Morgan fingerprint density at radius 1 is 1.40 bits per heavy atom. The third-order valence-corrected chi connectivity index (χ3v) is 2.20. The van der Waals surface area contributed by atoms with Gasteiger partial charge >= 0.3 is 5.43 Å². The third kappa shape index (κ3) is 3.94. The van der Waals surface area contributed by atoms with E-state index in [9.17, 15) is 4.79 Å². The Kier molecular flexibility index (Phi) is 4.45. The molecule has 0 aliphatic rings. The summed E-state index contributed by atoms with van der Waals surface area (Å²) in [6.07, 6.45) is 0. The Labute approximate surface area is 82.3 Å². The molecule has 0 unspecified atom stereocenters. The van der Waals surface area contributed by atoms with Crippen molar-refractivity contribution in [3.05, 3.63) is 0 Å². The molecular weight excluding hydrogens is 245 g/mol. The Hall–Kier alpha value is 0.920. The van der Waals surface area contributed by atoms with Crippen LogP contribution in [0, 0.1) is 0 Å². The van der Waals surface area contributed by atoms with E-state index in [1.165, 1.54) is 0 Å². The van der Waals surface area contributed by atoms with Crippen LogP contribution < -0.4 is 0 Å². The van der Waals surface area contributed by atoms with E-state index in [1.807, 2.05) is 0 Å². The molecule has 0 atom stereocenters. The molecule has 0 fully saturated rings. The van der Waals surface area contributed by atoms with Crippen molar-refractivity contribution in [2.24, 2.45) is 0 Å². The van der Waals surface area contributed by atoms with E-state index < -0.39 is 14.8 Å². The molecule has 7 heteroatoms. The van der Waals surface area contributed by atoms with Gasteiger partial charge < -0.3 is 4.74 Å². The number of alkyl halides is 4. The van der Waals surface area contributed by atoms with Gasteiger partial charge in [0.2, 0.25) is 0 Å². The molecule has 0 radical (unpaired) electrons. The first-order valence-electron chi connectivity index (χ1n) is 1.90. The second-order valence-corrected chi connectivity index (χ2v) is 3.92. The van der Waals surface area contributed by atoms with E-state index in [0.717, 1.165) is 0 Å². The first kappa shape index (κ1) is 10.9. The Bertz CT molecular complexity index is 133. The van der Waals surface area contributed by atoms with Crippen LogP contribution in [0.25, 0.3) is 0 Å². The lowest BCUT2D eigenvalue weighted by Crippen LogP contribution is -2.26. The molecule has 0 saturated heterocycles. The minimum atomic E-state index is -1.98. The number of carbonyl (C=O) groups is 1. The van der Waals surface area contributed by atoms with Gasteiger partial charge in [0, 0.05) is 11.6 Å². The zero-order valence-electron chi connectivity index (χ0n) is 4.28. The van der Waals surface area contributed by atoms with Crippen LogP contribution in [-0.2, 0) is 4.74 Å². The number of hydrogen-bond donors (Lipinski definition) is 0. The molecule has 0 aromatic carbocycles. The van der Waals surface area contributed by atoms with Gasteiger partial charge in [-0.05, 0) is 0 Å². The lowest BCUT2D eigenvalue weighted by Gasteiger charge is -2.18. The summed E-state index contributed by atoms with van der Waals surface area (Å²) in [4.78, 5) is 8.77. The largest absolute Gasteiger partial charge is 0.414 e. The summed E-state index contributed by atoms with van der Waals surface area (Å²) in [5, 5.41) is 0. The van der Waals surface area contributed by atoms with Crippen LogP contribution >= 0.6 is 58.0 Å². The third-order valence-electron chi connectivity index (χ3n) is 0.470. The summed E-state index contributed by atoms with van der Waals surface area (Å²) in [5.41, 5.74) is -1.17. The average molecular weight is 246 g/mol. The maximum atomic E-state index is 10.0. The van der Waals surface area contributed by atoms with E-state index in [-0.39, 0.29) is 0 Å². The highest BCUT2D eigenvalue weighted by molar-refractivity contribution is 6.64. The number of hydrogen-bond acceptors (Lipinski definition) is 2. The van der Waals surface area contributed by atoms with Gasteiger partial charge in [-0.2, -0.15) is 0 Å². The van der Waals surface area contributed by atoms with Crippen LogP contribution in [0.15, 0.2) is 0 Å². The van der Waals surface area contributed by atoms with Crippen LogP contribution in [0.3, 0.4) is 0 Å². The normalized spacial score (nSPS) is 11.8. The highest BCUT2D eigenvalue weighted by Crippen LogP contribution is 2.33. The summed E-state index contributed by atoms with van der Waals surface area (Å²) < 4.78 is 2.11. The number of rotatable bonds is 2. The molecule has 0 aliphatic heterocycles. The second kappa shape index (κ2) is 4.07. The number of halogens is 5. The quantitative estimate of drug-likeness (QED) is 0.552. The Morgan fingerprint density at radius 2 is 1.80 bits per heavy atom. The van der Waals surface area contributed by atoms with Crippen molar-refractivity contribution in [1.29, 1.82) is 0 Å². The van der Waals surface area contributed by atoms with Gasteiger partial charge in [-0.25, -0.2) is 4.79 Å². The van der Waals surface area contributed by atoms with E-state index in [4.69, 9.17) is 58.0 Å². The maximum absolute atomic E-state index is 10.0. The molecule has 60 valence electrons. The molecule has 0 aromatic heterocycles. The predicted molar refractivity (Wildman–Crippen MR) is 42.3 cm³/mol. The fraction of sp³-hybridized carbons (Fsp3) is 0.667. The molecule has 0 bridgehead atoms. The standard InChI is InChI=1S/C3HCl5O2/c4-1(5)3(7,8)10-2(6)9/h1H. The van der Waals surface area contributed by atoms with Crippen LogP contribution in [0.1, 0.15) is 0 Å². The predicted octanol–water partition coefficient (Wildman–Crippen LogP) is 3.30. The van der Waals surface area contributed by atoms with Crippen LogP contribution in [0.5, 0.6) is 0 Å². The summed E-state index contributed by atoms with van der Waals surface area (Å²) in [6.45, 7) is 0. The molecular formula is C3HCl5O2. The van der Waals surface area contributed by atoms with Crippen LogP contribution in [-0.4, -0.2) is 14.8 Å². The van der Waals surface area contributed by atoms with Crippen molar-refractivity contribution in [3.8, 4) is 0 Å². The molecule has 0 rings (SSSR count). The van der Waals surface area contributed by atoms with Crippen molar-refractivity contribution in [2.75, 3.05) is 0 Å². The Morgan fingerprint density at radius 3 is 1.90 bits per heavy atom. The average Bonchev–Trinajstić information content (AvgIpc) is 1.60. The zero-order valence-corrected chi connectivity index (χ0v) is 8.06. The van der Waals surface area contributed by atoms with Crippen molar-refractivity contribution in [2.45, 2.75) is 9.36 Å². The summed E-state index contributed by atoms with van der Waals surface area (Å²) in [6, 6.07) is 0. The maximum Gasteiger partial charge on any atom is 0.406 e. The van der Waals surface area contributed by atoms with Gasteiger partial charge in [0.05, 0.1) is 0 Å². The van der Waals surface area contributed by atoms with Gasteiger partial charge in [0.15, 0.2) is 4.84 Å². The molecule has 0 N–H and O–H groups in total. The zero-order chi connectivity index (χ0) is 8.36. The second-order valence-electron chi connectivity index (χ2n) is 1.20. The topological polar surface area (TPSA) is 26.3 Å². The Balaban J connectivity index is 3.99. The highest BCUT2D eigenvalue weighted by Gasteiger charge is 2.36. The molecule has 2 nitrogen and oxygen atoms in total. The van der Waals surface area contributed by atoms with E-state index in [1.54, 1.807) is 0 Å². The minimum Gasteiger partial charge on any atom is -0.414 e. The van der Waals surface area contributed by atoms with Crippen molar-refractivity contribution >= 4 is 63.4 Å². The fourth-order valence-electron chi connectivity index (χ4n) is 0.152. The van der Waals surface area contributed by atoms with Gasteiger partial charge in [-0.3, -0.25) is 0 Å². The van der Waals surface area contributed by atoms with Gasteiger partial charge in [-0.1, -0.05) is 46.4 Å². The summed E-state index contributed by atoms with van der Waals surface area (Å²) in [7, 11) is 0. The molecule has 0 saturated carbocycles. The van der Waals surface area contributed by atoms with Crippen molar-refractivity contribution in [1.82, 2.24) is 0 Å². The van der Waals surface area contributed by atoms with Crippen LogP contribution in [0.4, 0.5) is 4.79 Å². The minimum absolute atomic E-state index is 1.17. The van der Waals surface area contributed by atoms with Gasteiger partial charge in [0.1, 0.15) is 0 Å². The lowest BCUT2D eigenvalue weighted by molar-refractivity contribution is 0.147. The van der Waals surface area contributed by atoms with Crippen molar-refractivity contribution in [3.63, 3.8) is 0 Å². The van der Waals surface area contributed by atoms with Gasteiger partial charge in [-0.15, -0.1) is 0 Å². The summed E-state index contributed by atoms with van der Waals surface area (Å²) in [5.74, 6) is 0. The first-order valence-corrected chi connectivity index (χ1v) is 3.91. The number of carbonyl (C=O) groups excluding carboxylic acids is 1. The lowest BCUT2D eigenvalue weighted by atomic mass is 10.8. The molecule has 0 amide bonds. The van der Waals surface area contributed by atoms with Crippen molar-refractivity contribution < 1.29 is 9.53 Å².